The summed E-state index contributed by atoms with van der Waals surface area (Å²) >= 11 is 18.3. The number of aryl methyl sites for hydroxylation is 1. The molecule has 0 atom stereocenters. The summed E-state index contributed by atoms with van der Waals surface area (Å²) in [4.78, 5) is 34.8. The van der Waals surface area contributed by atoms with Gasteiger partial charge in [-0.1, -0.05) is 59.1 Å². The fraction of sp³-hybridized carbons (Fsp3) is 0.140. The van der Waals surface area contributed by atoms with E-state index in [2.05, 4.69) is 0 Å². The van der Waals surface area contributed by atoms with Crippen LogP contribution in [0.4, 0.5) is 8.78 Å². The maximum absolute atomic E-state index is 13.2. The van der Waals surface area contributed by atoms with E-state index in [1.54, 1.807) is 66.7 Å². The standard InChI is InChI=1S/C25H18Cl2FNO3.C18H16ClFO3/c1-15-2-10-23(29(15)19-8-9-22(27)20(13-19)25(30)31)21-12-17(26)5-11-24(21)32-14-16-3-6-18(28)7-4-16;1-12(21)2-8-17(22)16-10-14(19)5-9-18(16)23-11-13-3-6-15(20)7-4-13/h2-13H,14H2,1H3,(H,30,31);3-7,9-10H,2,8,11H2,1H3. The predicted octanol–water partition coefficient (Wildman–Crippen LogP) is 11.8. The van der Waals surface area contributed by atoms with Crippen molar-refractivity contribution in [3.8, 4) is 28.4 Å². The molecule has 282 valence electrons. The van der Waals surface area contributed by atoms with Gasteiger partial charge in [-0.25, -0.2) is 13.6 Å². The Kier molecular flexibility index (Phi) is 13.8. The van der Waals surface area contributed by atoms with Gasteiger partial charge in [-0.2, -0.15) is 0 Å². The van der Waals surface area contributed by atoms with Gasteiger partial charge in [-0.3, -0.25) is 4.79 Å². The summed E-state index contributed by atoms with van der Waals surface area (Å²) in [7, 11) is 0. The Labute approximate surface area is 331 Å². The SMILES string of the molecule is CC(=O)CCC(=O)c1cc(Cl)ccc1OCc1ccc(F)cc1.Cc1ccc(-c2cc(Cl)ccc2OCc2ccc(F)cc2)n1-c1ccc(Cl)c(C(=O)O)c1. The summed E-state index contributed by atoms with van der Waals surface area (Å²) in [6.45, 7) is 3.81. The molecule has 0 spiro atoms. The molecule has 55 heavy (non-hydrogen) atoms. The van der Waals surface area contributed by atoms with Gasteiger partial charge in [0.1, 0.15) is 42.1 Å². The minimum absolute atomic E-state index is 0.0158. The van der Waals surface area contributed by atoms with E-state index in [-0.39, 0.29) is 59.8 Å². The molecule has 0 fully saturated rings. The number of benzene rings is 5. The number of ketones is 2. The Morgan fingerprint density at radius 2 is 1.22 bits per heavy atom. The second-order valence-corrected chi connectivity index (χ2v) is 13.7. The minimum Gasteiger partial charge on any atom is -0.488 e. The molecule has 0 aliphatic heterocycles. The van der Waals surface area contributed by atoms with Crippen LogP contribution in [-0.4, -0.2) is 27.2 Å². The monoisotopic (exact) mass is 803 g/mol. The van der Waals surface area contributed by atoms with Gasteiger partial charge in [0.15, 0.2) is 5.78 Å². The first-order valence-corrected chi connectivity index (χ1v) is 18.0. The topological polar surface area (TPSA) is 94.8 Å². The second-order valence-electron chi connectivity index (χ2n) is 12.4. The summed E-state index contributed by atoms with van der Waals surface area (Å²) in [5, 5.41) is 10.6. The van der Waals surface area contributed by atoms with Crippen LogP contribution in [0, 0.1) is 18.6 Å². The highest BCUT2D eigenvalue weighted by Crippen LogP contribution is 2.37. The number of aromatic carboxylic acids is 1. The maximum Gasteiger partial charge on any atom is 0.337 e. The third-order valence-corrected chi connectivity index (χ3v) is 9.09. The van der Waals surface area contributed by atoms with Crippen molar-refractivity contribution in [2.75, 3.05) is 0 Å². The minimum atomic E-state index is -1.10. The van der Waals surface area contributed by atoms with E-state index in [9.17, 15) is 28.3 Å². The van der Waals surface area contributed by atoms with E-state index >= 15 is 0 Å². The van der Waals surface area contributed by atoms with Crippen molar-refractivity contribution in [1.82, 2.24) is 4.57 Å². The van der Waals surface area contributed by atoms with E-state index in [0.717, 1.165) is 28.1 Å². The molecule has 0 saturated heterocycles. The number of nitrogens with zero attached hydrogens (tertiary/aromatic N) is 1. The molecule has 1 N–H and O–H groups in total. The lowest BCUT2D eigenvalue weighted by molar-refractivity contribution is -0.117. The number of carboxylic acid groups (broad SMARTS) is 1. The number of Topliss-reactive ketones (excluding diaryl/α,β-unsaturated/α-hetero) is 2. The number of halogens is 5. The normalized spacial score (nSPS) is 10.7. The first-order chi connectivity index (χ1) is 26.3. The maximum atomic E-state index is 13.2. The van der Waals surface area contributed by atoms with Gasteiger partial charge in [0, 0.05) is 39.8 Å². The molecule has 6 aromatic rings. The predicted molar refractivity (Wildman–Crippen MR) is 210 cm³/mol. The molecule has 0 radical (unpaired) electrons. The molecule has 0 amide bonds. The molecule has 0 aliphatic rings. The number of carbonyl (C=O) groups is 3. The van der Waals surface area contributed by atoms with Crippen molar-refractivity contribution in [1.29, 1.82) is 0 Å². The number of ether oxygens (including phenoxy) is 2. The van der Waals surface area contributed by atoms with Gasteiger partial charge < -0.3 is 23.9 Å². The zero-order valence-corrected chi connectivity index (χ0v) is 31.9. The van der Waals surface area contributed by atoms with Gasteiger partial charge in [-0.15, -0.1) is 0 Å². The third kappa shape index (κ3) is 11.0. The summed E-state index contributed by atoms with van der Waals surface area (Å²) < 4.78 is 39.7. The number of carbonyl (C=O) groups excluding carboxylic acids is 2. The average Bonchev–Trinajstić information content (AvgIpc) is 3.55. The molecular formula is C43H34Cl3F2NO6. The highest BCUT2D eigenvalue weighted by Gasteiger charge is 2.18. The summed E-state index contributed by atoms with van der Waals surface area (Å²) in [6.07, 6.45) is 0.297. The Bertz CT molecular complexity index is 2330. The Hall–Kier alpha value is -5.48. The van der Waals surface area contributed by atoms with Crippen LogP contribution in [0.5, 0.6) is 11.5 Å². The Morgan fingerprint density at radius 1 is 0.655 bits per heavy atom. The highest BCUT2D eigenvalue weighted by atomic mass is 35.5. The fourth-order valence-corrected chi connectivity index (χ4v) is 6.03. The van der Waals surface area contributed by atoms with Crippen molar-refractivity contribution in [3.63, 3.8) is 0 Å². The van der Waals surface area contributed by atoms with E-state index in [1.807, 2.05) is 23.6 Å². The molecule has 0 bridgehead atoms. The Morgan fingerprint density at radius 3 is 1.80 bits per heavy atom. The van der Waals surface area contributed by atoms with Crippen LogP contribution in [0.15, 0.2) is 115 Å². The lowest BCUT2D eigenvalue weighted by Crippen LogP contribution is -2.06. The first-order valence-electron chi connectivity index (χ1n) is 16.9. The lowest BCUT2D eigenvalue weighted by Gasteiger charge is -2.17. The van der Waals surface area contributed by atoms with Crippen LogP contribution in [0.3, 0.4) is 0 Å². The van der Waals surface area contributed by atoms with Crippen LogP contribution in [0.1, 0.15) is 57.3 Å². The lowest BCUT2D eigenvalue weighted by atomic mass is 10.0. The van der Waals surface area contributed by atoms with Gasteiger partial charge in [-0.05, 0) is 116 Å². The molecule has 0 aliphatic carbocycles. The van der Waals surface area contributed by atoms with Crippen molar-refractivity contribution >= 4 is 52.3 Å². The second kappa shape index (κ2) is 18.7. The van der Waals surface area contributed by atoms with Crippen molar-refractivity contribution in [2.24, 2.45) is 0 Å². The van der Waals surface area contributed by atoms with Gasteiger partial charge in [0.2, 0.25) is 0 Å². The van der Waals surface area contributed by atoms with E-state index in [4.69, 9.17) is 44.3 Å². The molecule has 5 aromatic carbocycles. The fourth-order valence-electron chi connectivity index (χ4n) is 5.49. The molecule has 1 heterocycles. The number of aromatic nitrogens is 1. The molecule has 6 rings (SSSR count). The largest absolute Gasteiger partial charge is 0.488 e. The van der Waals surface area contributed by atoms with Crippen LogP contribution in [0.25, 0.3) is 16.9 Å². The van der Waals surface area contributed by atoms with Crippen LogP contribution >= 0.6 is 34.8 Å². The molecule has 1 aromatic heterocycles. The van der Waals surface area contributed by atoms with Crippen LogP contribution < -0.4 is 9.47 Å². The van der Waals surface area contributed by atoms with Crippen molar-refractivity contribution in [2.45, 2.75) is 39.9 Å². The smallest absolute Gasteiger partial charge is 0.337 e. The summed E-state index contributed by atoms with van der Waals surface area (Å²) in [6, 6.07) is 30.8. The molecule has 7 nitrogen and oxygen atoms in total. The van der Waals surface area contributed by atoms with E-state index in [1.165, 1.54) is 43.3 Å². The highest BCUT2D eigenvalue weighted by molar-refractivity contribution is 6.33. The van der Waals surface area contributed by atoms with Crippen molar-refractivity contribution < 1.29 is 37.7 Å². The number of hydrogen-bond donors (Lipinski definition) is 1. The van der Waals surface area contributed by atoms with Gasteiger partial charge in [0.25, 0.3) is 0 Å². The molecule has 0 unspecified atom stereocenters. The zero-order valence-electron chi connectivity index (χ0n) is 29.6. The number of carboxylic acids is 1. The van der Waals surface area contributed by atoms with E-state index < -0.39 is 5.97 Å². The first kappa shape index (κ1) is 40.7. The zero-order chi connectivity index (χ0) is 39.6. The summed E-state index contributed by atoms with van der Waals surface area (Å²) in [5.74, 6) is -0.990. The van der Waals surface area contributed by atoms with Gasteiger partial charge >= 0.3 is 5.97 Å². The molecule has 12 heteroatoms. The average molecular weight is 805 g/mol. The van der Waals surface area contributed by atoms with Crippen LogP contribution in [0.2, 0.25) is 15.1 Å². The van der Waals surface area contributed by atoms with Gasteiger partial charge in [0.05, 0.1) is 21.8 Å². The Balaban J connectivity index is 0.000000223. The number of rotatable bonds is 13. The molecular weight excluding hydrogens is 771 g/mol. The van der Waals surface area contributed by atoms with Crippen molar-refractivity contribution in [3.05, 3.63) is 170 Å². The summed E-state index contributed by atoms with van der Waals surface area (Å²) in [5.41, 5.74) is 5.02. The third-order valence-electron chi connectivity index (χ3n) is 8.29. The van der Waals surface area contributed by atoms with Crippen LogP contribution in [-0.2, 0) is 18.0 Å². The molecule has 0 saturated carbocycles. The quantitative estimate of drug-likeness (QED) is 0.117. The number of hydrogen-bond acceptors (Lipinski definition) is 5. The van der Waals surface area contributed by atoms with E-state index in [0.29, 0.717) is 32.8 Å².